The fourth-order valence-electron chi connectivity index (χ4n) is 2.60. The number of carbonyl (C=O) groups excluding carboxylic acids is 1. The summed E-state index contributed by atoms with van der Waals surface area (Å²) in [5.41, 5.74) is 5.70. The van der Waals surface area contributed by atoms with Crippen molar-refractivity contribution in [3.05, 3.63) is 33.9 Å². The van der Waals surface area contributed by atoms with Gasteiger partial charge < -0.3 is 16.0 Å². The number of likely N-dealkylation sites (tertiary alicyclic amines) is 1. The number of benzene rings is 1. The smallest absolute Gasteiger partial charge is 0.292 e. The average Bonchev–Trinajstić information content (AvgIpc) is 2.86. The van der Waals surface area contributed by atoms with E-state index in [0.29, 0.717) is 13.1 Å². The largest absolute Gasteiger partial charge is 0.393 e. The lowest BCUT2D eigenvalue weighted by Crippen LogP contribution is -2.41. The van der Waals surface area contributed by atoms with Crippen molar-refractivity contribution in [2.45, 2.75) is 18.9 Å². The molecule has 1 fully saturated rings. The van der Waals surface area contributed by atoms with Crippen LogP contribution in [0.3, 0.4) is 0 Å². The predicted molar refractivity (Wildman–Crippen MR) is 82.7 cm³/mol. The minimum atomic E-state index is -0.568. The number of rotatable bonds is 4. The molecule has 21 heavy (non-hydrogen) atoms. The van der Waals surface area contributed by atoms with Crippen LogP contribution < -0.4 is 11.1 Å². The van der Waals surface area contributed by atoms with Crippen molar-refractivity contribution < 1.29 is 9.72 Å². The first-order valence-electron chi connectivity index (χ1n) is 6.54. The molecule has 1 unspecified atom stereocenters. The van der Waals surface area contributed by atoms with Gasteiger partial charge >= 0.3 is 0 Å². The van der Waals surface area contributed by atoms with Crippen molar-refractivity contribution >= 4 is 29.7 Å². The lowest BCUT2D eigenvalue weighted by atomic mass is 10.1. The third-order valence-corrected chi connectivity index (χ3v) is 3.59. The Balaban J connectivity index is 0.00000220. The van der Waals surface area contributed by atoms with Gasteiger partial charge in [0.15, 0.2) is 0 Å². The van der Waals surface area contributed by atoms with Crippen LogP contribution in [0.2, 0.25) is 0 Å². The monoisotopic (exact) mass is 314 g/mol. The SMILES string of the molecule is CNCC1CCCN1C(=O)c1cccc([N+](=O)[O-])c1N.Cl. The molecule has 1 aromatic carbocycles. The number of nitrogens with one attached hydrogen (secondary N) is 1. The summed E-state index contributed by atoms with van der Waals surface area (Å²) in [7, 11) is 1.84. The van der Waals surface area contributed by atoms with Crippen molar-refractivity contribution in [3.8, 4) is 0 Å². The van der Waals surface area contributed by atoms with Crippen molar-refractivity contribution in [2.75, 3.05) is 25.9 Å². The molecule has 1 heterocycles. The Hall–Kier alpha value is -1.86. The fourth-order valence-corrected chi connectivity index (χ4v) is 2.60. The van der Waals surface area contributed by atoms with Gasteiger partial charge in [0.1, 0.15) is 5.69 Å². The highest BCUT2D eigenvalue weighted by molar-refractivity contribution is 6.01. The Labute approximate surface area is 129 Å². The van der Waals surface area contributed by atoms with Gasteiger partial charge in [-0.15, -0.1) is 12.4 Å². The summed E-state index contributed by atoms with van der Waals surface area (Å²) in [5.74, 6) is -0.232. The predicted octanol–water partition coefficient (Wildman–Crippen LogP) is 1.42. The molecule has 1 atom stereocenters. The van der Waals surface area contributed by atoms with Crippen molar-refractivity contribution in [3.63, 3.8) is 0 Å². The van der Waals surface area contributed by atoms with E-state index in [0.717, 1.165) is 12.8 Å². The first-order chi connectivity index (χ1) is 9.56. The van der Waals surface area contributed by atoms with Gasteiger partial charge in [-0.2, -0.15) is 0 Å². The average molecular weight is 315 g/mol. The van der Waals surface area contributed by atoms with Crippen LogP contribution >= 0.6 is 12.4 Å². The van der Waals surface area contributed by atoms with Crippen molar-refractivity contribution in [1.29, 1.82) is 0 Å². The van der Waals surface area contributed by atoms with Crippen LogP contribution in [0.5, 0.6) is 0 Å². The van der Waals surface area contributed by atoms with Gasteiger partial charge in [0.2, 0.25) is 0 Å². The first-order valence-corrected chi connectivity index (χ1v) is 6.54. The number of nitrogens with zero attached hydrogens (tertiary/aromatic N) is 2. The number of nitrogen functional groups attached to an aromatic ring is 1. The van der Waals surface area contributed by atoms with E-state index in [1.165, 1.54) is 12.1 Å². The summed E-state index contributed by atoms with van der Waals surface area (Å²) in [6.07, 6.45) is 1.87. The van der Waals surface area contributed by atoms with Gasteiger partial charge in [0.05, 0.1) is 10.5 Å². The molecule has 1 aromatic rings. The zero-order valence-corrected chi connectivity index (χ0v) is 12.6. The number of nitrogens with two attached hydrogens (primary N) is 1. The highest BCUT2D eigenvalue weighted by atomic mass is 35.5. The molecule has 0 aliphatic carbocycles. The van der Waals surface area contributed by atoms with Crippen LogP contribution in [0.25, 0.3) is 0 Å². The molecule has 7 nitrogen and oxygen atoms in total. The number of para-hydroxylation sites is 1. The van der Waals surface area contributed by atoms with Gasteiger partial charge in [-0.3, -0.25) is 14.9 Å². The maximum atomic E-state index is 12.5. The van der Waals surface area contributed by atoms with Crippen LogP contribution in [0.4, 0.5) is 11.4 Å². The van der Waals surface area contributed by atoms with Gasteiger partial charge in [0, 0.05) is 25.2 Å². The highest BCUT2D eigenvalue weighted by Gasteiger charge is 2.31. The first kappa shape index (κ1) is 17.2. The molecule has 0 spiro atoms. The van der Waals surface area contributed by atoms with Crippen LogP contribution in [-0.2, 0) is 0 Å². The standard InChI is InChI=1S/C13H18N4O3.ClH/c1-15-8-9-4-3-7-16(9)13(18)10-5-2-6-11(12(10)14)17(19)20;/h2,5-6,9,15H,3-4,7-8,14H2,1H3;1H. The van der Waals surface area contributed by atoms with Crippen molar-refractivity contribution in [1.82, 2.24) is 10.2 Å². The van der Waals surface area contributed by atoms with Crippen LogP contribution in [0, 0.1) is 10.1 Å². The summed E-state index contributed by atoms with van der Waals surface area (Å²) < 4.78 is 0. The molecular formula is C13H19ClN4O3. The number of hydrogen-bond donors (Lipinski definition) is 2. The Kier molecular flexibility index (Phi) is 5.92. The second-order valence-corrected chi connectivity index (χ2v) is 4.85. The number of hydrogen-bond acceptors (Lipinski definition) is 5. The molecule has 0 radical (unpaired) electrons. The van der Waals surface area contributed by atoms with E-state index in [1.54, 1.807) is 11.0 Å². The lowest BCUT2D eigenvalue weighted by molar-refractivity contribution is -0.383. The Morgan fingerprint density at radius 1 is 1.57 bits per heavy atom. The summed E-state index contributed by atoms with van der Waals surface area (Å²) in [5, 5.41) is 13.9. The van der Waals surface area contributed by atoms with E-state index in [1.807, 2.05) is 7.05 Å². The van der Waals surface area contributed by atoms with E-state index in [9.17, 15) is 14.9 Å². The molecule has 0 bridgehead atoms. The minimum Gasteiger partial charge on any atom is -0.393 e. The molecule has 1 aliphatic rings. The third-order valence-electron chi connectivity index (χ3n) is 3.59. The molecule has 0 aromatic heterocycles. The molecule has 116 valence electrons. The molecule has 3 N–H and O–H groups in total. The Morgan fingerprint density at radius 2 is 2.29 bits per heavy atom. The second kappa shape index (κ2) is 7.24. The summed E-state index contributed by atoms with van der Waals surface area (Å²) in [4.78, 5) is 24.6. The summed E-state index contributed by atoms with van der Waals surface area (Å²) >= 11 is 0. The number of likely N-dealkylation sites (N-methyl/N-ethyl adjacent to an activating group) is 1. The molecule has 1 saturated heterocycles. The molecule has 0 saturated carbocycles. The third kappa shape index (κ3) is 3.43. The minimum absolute atomic E-state index is 0. The van der Waals surface area contributed by atoms with Crippen molar-refractivity contribution in [2.24, 2.45) is 0 Å². The van der Waals surface area contributed by atoms with E-state index < -0.39 is 4.92 Å². The van der Waals surface area contributed by atoms with E-state index in [-0.39, 0.29) is 41.3 Å². The highest BCUT2D eigenvalue weighted by Crippen LogP contribution is 2.28. The summed E-state index contributed by atoms with van der Waals surface area (Å²) in [6, 6.07) is 4.46. The molecule has 8 heteroatoms. The van der Waals surface area contributed by atoms with Gasteiger partial charge in [-0.1, -0.05) is 6.07 Å². The van der Waals surface area contributed by atoms with Crippen LogP contribution in [0.1, 0.15) is 23.2 Å². The number of carbonyl (C=O) groups is 1. The fraction of sp³-hybridized carbons (Fsp3) is 0.462. The van der Waals surface area contributed by atoms with E-state index in [2.05, 4.69) is 5.32 Å². The molecule has 2 rings (SSSR count). The normalized spacial score (nSPS) is 17.4. The number of nitro benzene ring substituents is 1. The van der Waals surface area contributed by atoms with Crippen LogP contribution in [0.15, 0.2) is 18.2 Å². The zero-order chi connectivity index (χ0) is 14.7. The zero-order valence-electron chi connectivity index (χ0n) is 11.7. The molecule has 1 aliphatic heterocycles. The summed E-state index contributed by atoms with van der Waals surface area (Å²) in [6.45, 7) is 1.37. The Bertz CT molecular complexity index is 538. The number of amides is 1. The van der Waals surface area contributed by atoms with E-state index >= 15 is 0 Å². The second-order valence-electron chi connectivity index (χ2n) is 4.85. The van der Waals surface area contributed by atoms with Gasteiger partial charge in [0.25, 0.3) is 11.6 Å². The molecule has 1 amide bonds. The molecular weight excluding hydrogens is 296 g/mol. The quantitative estimate of drug-likeness (QED) is 0.497. The number of anilines is 1. The van der Waals surface area contributed by atoms with Gasteiger partial charge in [-0.25, -0.2) is 0 Å². The maximum absolute atomic E-state index is 12.5. The number of nitro groups is 1. The number of halogens is 1. The van der Waals surface area contributed by atoms with Crippen LogP contribution in [-0.4, -0.2) is 41.9 Å². The van der Waals surface area contributed by atoms with Gasteiger partial charge in [-0.05, 0) is 26.0 Å². The topological polar surface area (TPSA) is 102 Å². The Morgan fingerprint density at radius 3 is 2.90 bits per heavy atom. The maximum Gasteiger partial charge on any atom is 0.292 e. The lowest BCUT2D eigenvalue weighted by Gasteiger charge is -2.25. The van der Waals surface area contributed by atoms with E-state index in [4.69, 9.17) is 5.73 Å².